The largest absolute Gasteiger partial charge is 0.489 e. The van der Waals surface area contributed by atoms with Crippen molar-refractivity contribution in [1.29, 1.82) is 0 Å². The van der Waals surface area contributed by atoms with Gasteiger partial charge in [-0.05, 0) is 16.7 Å². The molecule has 4 aromatic rings. The van der Waals surface area contributed by atoms with Gasteiger partial charge in [0.1, 0.15) is 37.1 Å². The Labute approximate surface area is 197 Å². The van der Waals surface area contributed by atoms with Crippen LogP contribution in [0.3, 0.4) is 0 Å². The number of halogens is 1. The van der Waals surface area contributed by atoms with Gasteiger partial charge in [0, 0.05) is 23.0 Å². The molecular weight excluding hydrogens is 464 g/mol. The lowest BCUT2D eigenvalue weighted by atomic mass is 10.1. The summed E-state index contributed by atoms with van der Waals surface area (Å²) in [5, 5.41) is 0.611. The predicted molar refractivity (Wildman–Crippen MR) is 131 cm³/mol. The molecule has 0 amide bonds. The van der Waals surface area contributed by atoms with Crippen molar-refractivity contribution in [2.75, 3.05) is 0 Å². The summed E-state index contributed by atoms with van der Waals surface area (Å²) >= 11 is 3.61. The second-order valence-corrected chi connectivity index (χ2v) is 7.92. The minimum Gasteiger partial charge on any atom is -0.489 e. The van der Waals surface area contributed by atoms with Gasteiger partial charge in [-0.1, -0.05) is 107 Å². The van der Waals surface area contributed by atoms with E-state index >= 15 is 0 Å². The molecular formula is C28H25BrO3. The first-order valence-corrected chi connectivity index (χ1v) is 11.7. The quantitative estimate of drug-likeness (QED) is 0.219. The van der Waals surface area contributed by atoms with Crippen molar-refractivity contribution < 1.29 is 14.2 Å². The SMILES string of the molecule is BrCc1c(OCc2ccccc2)cc(OCc2ccccc2)cc1OCc1ccccc1. The molecule has 32 heavy (non-hydrogen) atoms. The van der Waals surface area contributed by atoms with Gasteiger partial charge >= 0.3 is 0 Å². The lowest BCUT2D eigenvalue weighted by Crippen LogP contribution is -2.04. The van der Waals surface area contributed by atoms with Crippen LogP contribution in [-0.4, -0.2) is 0 Å². The van der Waals surface area contributed by atoms with Gasteiger partial charge in [0.15, 0.2) is 0 Å². The number of alkyl halides is 1. The summed E-state index contributed by atoms with van der Waals surface area (Å²) in [5.74, 6) is 2.21. The third-order valence-corrected chi connectivity index (χ3v) is 5.56. The van der Waals surface area contributed by atoms with Crippen molar-refractivity contribution >= 4 is 15.9 Å². The fourth-order valence-electron chi connectivity index (χ4n) is 3.28. The summed E-state index contributed by atoms with van der Waals surface area (Å²) < 4.78 is 18.5. The van der Waals surface area contributed by atoms with Crippen LogP contribution < -0.4 is 14.2 Å². The third kappa shape index (κ3) is 6.14. The van der Waals surface area contributed by atoms with Crippen molar-refractivity contribution in [3.8, 4) is 17.2 Å². The van der Waals surface area contributed by atoms with Crippen molar-refractivity contribution in [3.63, 3.8) is 0 Å². The summed E-state index contributed by atoms with van der Waals surface area (Å²) in [4.78, 5) is 0. The van der Waals surface area contributed by atoms with E-state index in [1.165, 1.54) is 0 Å². The second kappa shape index (κ2) is 11.4. The Bertz CT molecular complexity index is 1030. The molecule has 0 spiro atoms. The van der Waals surface area contributed by atoms with E-state index in [-0.39, 0.29) is 0 Å². The van der Waals surface area contributed by atoms with Crippen LogP contribution in [0.15, 0.2) is 103 Å². The van der Waals surface area contributed by atoms with Crippen molar-refractivity contribution in [3.05, 3.63) is 125 Å². The molecule has 3 nitrogen and oxygen atoms in total. The van der Waals surface area contributed by atoms with Gasteiger partial charge in [-0.15, -0.1) is 0 Å². The molecule has 4 rings (SSSR count). The van der Waals surface area contributed by atoms with Gasteiger partial charge in [-0.2, -0.15) is 0 Å². The number of hydrogen-bond acceptors (Lipinski definition) is 3. The first-order valence-electron chi connectivity index (χ1n) is 10.5. The minimum absolute atomic E-state index is 0.473. The fourth-order valence-corrected chi connectivity index (χ4v) is 3.83. The number of ether oxygens (including phenoxy) is 3. The zero-order valence-electron chi connectivity index (χ0n) is 17.7. The normalized spacial score (nSPS) is 10.5. The number of hydrogen-bond donors (Lipinski definition) is 0. The first kappa shape index (κ1) is 22.0. The van der Waals surface area contributed by atoms with Crippen LogP contribution >= 0.6 is 15.9 Å². The van der Waals surface area contributed by atoms with Gasteiger partial charge < -0.3 is 14.2 Å². The Morgan fingerprint density at radius 3 is 1.25 bits per heavy atom. The minimum atomic E-state index is 0.473. The topological polar surface area (TPSA) is 27.7 Å². The molecule has 0 heterocycles. The fraction of sp³-hybridized carbons (Fsp3) is 0.143. The maximum absolute atomic E-state index is 6.21. The molecule has 4 aromatic carbocycles. The molecule has 4 heteroatoms. The zero-order chi connectivity index (χ0) is 22.0. The highest BCUT2D eigenvalue weighted by molar-refractivity contribution is 9.08. The standard InChI is InChI=1S/C28H25BrO3/c29-18-26-27(31-20-23-12-6-2-7-13-23)16-25(30-19-22-10-4-1-5-11-22)17-28(26)32-21-24-14-8-3-9-15-24/h1-17H,18-21H2. The van der Waals surface area contributed by atoms with Crippen molar-refractivity contribution in [2.24, 2.45) is 0 Å². The van der Waals surface area contributed by atoms with Gasteiger partial charge in [-0.25, -0.2) is 0 Å². The van der Waals surface area contributed by atoms with Crippen LogP contribution in [-0.2, 0) is 25.2 Å². The van der Waals surface area contributed by atoms with Crippen LogP contribution in [0.2, 0.25) is 0 Å². The van der Waals surface area contributed by atoms with E-state index in [1.54, 1.807) is 0 Å². The smallest absolute Gasteiger partial charge is 0.131 e. The van der Waals surface area contributed by atoms with Gasteiger partial charge in [0.2, 0.25) is 0 Å². The Balaban J connectivity index is 1.57. The molecule has 0 N–H and O–H groups in total. The summed E-state index contributed by atoms with van der Waals surface area (Å²) in [7, 11) is 0. The van der Waals surface area contributed by atoms with Crippen molar-refractivity contribution in [1.82, 2.24) is 0 Å². The molecule has 0 aliphatic rings. The van der Waals surface area contributed by atoms with Crippen LogP contribution in [0.1, 0.15) is 22.3 Å². The van der Waals surface area contributed by atoms with Crippen LogP contribution in [0.5, 0.6) is 17.2 Å². The zero-order valence-corrected chi connectivity index (χ0v) is 19.3. The molecule has 0 unspecified atom stereocenters. The van der Waals surface area contributed by atoms with E-state index in [2.05, 4.69) is 40.2 Å². The molecule has 0 saturated carbocycles. The van der Waals surface area contributed by atoms with Crippen LogP contribution in [0, 0.1) is 0 Å². The Kier molecular flexibility index (Phi) is 7.83. The number of benzene rings is 4. The lowest BCUT2D eigenvalue weighted by molar-refractivity contribution is 0.271. The maximum atomic E-state index is 6.21. The predicted octanol–water partition coefficient (Wildman–Crippen LogP) is 7.32. The molecule has 162 valence electrons. The lowest BCUT2D eigenvalue weighted by Gasteiger charge is -2.18. The highest BCUT2D eigenvalue weighted by Gasteiger charge is 2.15. The van der Waals surface area contributed by atoms with E-state index in [9.17, 15) is 0 Å². The summed E-state index contributed by atoms with van der Waals surface area (Å²) in [5.41, 5.74) is 4.28. The summed E-state index contributed by atoms with van der Waals surface area (Å²) in [6, 6.07) is 34.3. The van der Waals surface area contributed by atoms with E-state index in [0.29, 0.717) is 30.9 Å². The third-order valence-electron chi connectivity index (χ3n) is 5.00. The summed E-state index contributed by atoms with van der Waals surface area (Å²) in [6.45, 7) is 1.42. The summed E-state index contributed by atoms with van der Waals surface area (Å²) in [6.07, 6.45) is 0. The van der Waals surface area contributed by atoms with Gasteiger partial charge in [0.05, 0.1) is 0 Å². The molecule has 0 aromatic heterocycles. The van der Waals surface area contributed by atoms with E-state index in [4.69, 9.17) is 14.2 Å². The molecule has 0 atom stereocenters. The Hall–Kier alpha value is -3.24. The van der Waals surface area contributed by atoms with Crippen molar-refractivity contribution in [2.45, 2.75) is 25.2 Å². The highest BCUT2D eigenvalue weighted by atomic mass is 79.9. The Morgan fingerprint density at radius 1 is 0.500 bits per heavy atom. The number of rotatable bonds is 10. The van der Waals surface area contributed by atoms with E-state index in [0.717, 1.165) is 33.8 Å². The Morgan fingerprint density at radius 2 is 0.875 bits per heavy atom. The monoisotopic (exact) mass is 488 g/mol. The van der Waals surface area contributed by atoms with Crippen LogP contribution in [0.25, 0.3) is 0 Å². The highest BCUT2D eigenvalue weighted by Crippen LogP contribution is 2.37. The molecule has 0 radical (unpaired) electrons. The molecule has 0 saturated heterocycles. The van der Waals surface area contributed by atoms with E-state index < -0.39 is 0 Å². The molecule has 0 bridgehead atoms. The molecule has 0 aliphatic heterocycles. The van der Waals surface area contributed by atoms with Crippen LogP contribution in [0.4, 0.5) is 0 Å². The van der Waals surface area contributed by atoms with E-state index in [1.807, 2.05) is 78.9 Å². The second-order valence-electron chi connectivity index (χ2n) is 7.35. The molecule has 0 fully saturated rings. The van der Waals surface area contributed by atoms with Gasteiger partial charge in [-0.3, -0.25) is 0 Å². The average molecular weight is 489 g/mol. The average Bonchev–Trinajstić information content (AvgIpc) is 2.86. The molecule has 0 aliphatic carbocycles. The maximum Gasteiger partial charge on any atom is 0.131 e. The van der Waals surface area contributed by atoms with Gasteiger partial charge in [0.25, 0.3) is 0 Å². The first-order chi connectivity index (χ1) is 15.8.